The molecule has 1 aromatic heterocycles. The molecule has 0 amide bonds. The first-order chi connectivity index (χ1) is 8.79. The number of nitrogens with one attached hydrogen (secondary N) is 1. The monoisotopic (exact) mass is 248 g/mol. The van der Waals surface area contributed by atoms with E-state index in [-0.39, 0.29) is 0 Å². The summed E-state index contributed by atoms with van der Waals surface area (Å²) >= 11 is 0. The molecule has 1 aromatic rings. The third kappa shape index (κ3) is 3.70. The molecule has 0 aliphatic heterocycles. The Labute approximate surface area is 110 Å². The van der Waals surface area contributed by atoms with Gasteiger partial charge < -0.3 is 10.1 Å². The Balaban J connectivity index is 1.97. The number of hydrogen-bond acceptors (Lipinski definition) is 3. The fraction of sp³-hybridized carbons (Fsp3) is 0.667. The summed E-state index contributed by atoms with van der Waals surface area (Å²) in [4.78, 5) is 4.35. The average Bonchev–Trinajstić information content (AvgIpc) is 2.88. The van der Waals surface area contributed by atoms with Gasteiger partial charge in [0.15, 0.2) is 0 Å². The molecule has 0 saturated heterocycles. The summed E-state index contributed by atoms with van der Waals surface area (Å²) < 4.78 is 6.02. The lowest BCUT2D eigenvalue weighted by molar-refractivity contribution is 0.249. The minimum absolute atomic E-state index is 0.755. The quantitative estimate of drug-likeness (QED) is 0.840. The van der Waals surface area contributed by atoms with E-state index in [0.29, 0.717) is 0 Å². The smallest absolute Gasteiger partial charge is 0.127 e. The number of rotatable bonds is 6. The molecule has 1 fully saturated rings. The van der Waals surface area contributed by atoms with Crippen LogP contribution >= 0.6 is 0 Å². The Morgan fingerprint density at radius 2 is 2.17 bits per heavy atom. The van der Waals surface area contributed by atoms with Crippen LogP contribution in [0.15, 0.2) is 12.3 Å². The number of aryl methyl sites for hydroxylation is 1. The zero-order valence-corrected chi connectivity index (χ0v) is 11.5. The van der Waals surface area contributed by atoms with Crippen molar-refractivity contribution >= 4 is 0 Å². The van der Waals surface area contributed by atoms with Crippen LogP contribution in [0.3, 0.4) is 0 Å². The van der Waals surface area contributed by atoms with Crippen LogP contribution in [0.5, 0.6) is 5.75 Å². The third-order valence-corrected chi connectivity index (χ3v) is 3.60. The van der Waals surface area contributed by atoms with Crippen molar-refractivity contribution in [1.82, 2.24) is 10.3 Å². The Bertz CT molecular complexity index is 373. The van der Waals surface area contributed by atoms with Gasteiger partial charge in [-0.15, -0.1) is 0 Å². The first kappa shape index (κ1) is 13.3. The van der Waals surface area contributed by atoms with E-state index in [1.165, 1.54) is 31.2 Å². The maximum atomic E-state index is 6.02. The lowest BCUT2D eigenvalue weighted by atomic mass is 10.1. The Morgan fingerprint density at radius 1 is 1.39 bits per heavy atom. The molecule has 3 nitrogen and oxygen atoms in total. The molecule has 1 saturated carbocycles. The van der Waals surface area contributed by atoms with Gasteiger partial charge in [0.25, 0.3) is 0 Å². The molecule has 0 aromatic carbocycles. The lowest BCUT2D eigenvalue weighted by Crippen LogP contribution is -2.15. The highest BCUT2D eigenvalue weighted by Gasteiger charge is 2.16. The summed E-state index contributed by atoms with van der Waals surface area (Å²) in [5, 5.41) is 3.33. The van der Waals surface area contributed by atoms with Gasteiger partial charge in [-0.25, -0.2) is 0 Å². The van der Waals surface area contributed by atoms with Gasteiger partial charge in [0.05, 0.1) is 6.61 Å². The molecular formula is C15H24N2O. The van der Waals surface area contributed by atoms with E-state index in [4.69, 9.17) is 4.74 Å². The predicted molar refractivity (Wildman–Crippen MR) is 73.8 cm³/mol. The summed E-state index contributed by atoms with van der Waals surface area (Å²) in [6.07, 6.45) is 7.32. The average molecular weight is 248 g/mol. The Hall–Kier alpha value is -1.09. The van der Waals surface area contributed by atoms with Crippen molar-refractivity contribution in [3.63, 3.8) is 0 Å². The molecule has 3 heteroatoms. The SMILES string of the molecule is CCNCc1cnc(C)cc1OCC1CCCC1. The standard InChI is InChI=1S/C15H24N2O/c1-3-16-9-14-10-17-12(2)8-15(14)18-11-13-6-4-5-7-13/h8,10,13,16H,3-7,9,11H2,1-2H3. The number of aromatic nitrogens is 1. The predicted octanol–water partition coefficient (Wildman–Crippen LogP) is 3.07. The second-order valence-electron chi connectivity index (χ2n) is 5.18. The van der Waals surface area contributed by atoms with Crippen molar-refractivity contribution in [3.8, 4) is 5.75 Å². The summed E-state index contributed by atoms with van der Waals surface area (Å²) in [6.45, 7) is 6.79. The van der Waals surface area contributed by atoms with Gasteiger partial charge >= 0.3 is 0 Å². The molecule has 0 atom stereocenters. The molecular weight excluding hydrogens is 224 g/mol. The highest BCUT2D eigenvalue weighted by atomic mass is 16.5. The number of ether oxygens (including phenoxy) is 1. The van der Waals surface area contributed by atoms with E-state index in [9.17, 15) is 0 Å². The fourth-order valence-electron chi connectivity index (χ4n) is 2.47. The molecule has 18 heavy (non-hydrogen) atoms. The zero-order valence-electron chi connectivity index (χ0n) is 11.5. The normalized spacial score (nSPS) is 16.1. The molecule has 0 radical (unpaired) electrons. The van der Waals surface area contributed by atoms with Crippen molar-refractivity contribution in [2.45, 2.75) is 46.1 Å². The second kappa shape index (κ2) is 6.74. The molecule has 1 aliphatic rings. The van der Waals surface area contributed by atoms with Crippen LogP contribution in [0.1, 0.15) is 43.9 Å². The van der Waals surface area contributed by atoms with Crippen molar-refractivity contribution in [2.75, 3.05) is 13.2 Å². The molecule has 2 rings (SSSR count). The number of hydrogen-bond donors (Lipinski definition) is 1. The van der Waals surface area contributed by atoms with Gasteiger partial charge in [-0.3, -0.25) is 4.98 Å². The Kier molecular flexibility index (Phi) is 5.00. The van der Waals surface area contributed by atoms with Crippen molar-refractivity contribution in [1.29, 1.82) is 0 Å². The topological polar surface area (TPSA) is 34.2 Å². The summed E-state index contributed by atoms with van der Waals surface area (Å²) in [6, 6.07) is 2.06. The minimum atomic E-state index is 0.755. The van der Waals surface area contributed by atoms with Crippen LogP contribution in [0.2, 0.25) is 0 Å². The van der Waals surface area contributed by atoms with Gasteiger partial charge in [-0.2, -0.15) is 0 Å². The first-order valence-electron chi connectivity index (χ1n) is 7.08. The van der Waals surface area contributed by atoms with E-state index in [1.807, 2.05) is 13.1 Å². The van der Waals surface area contributed by atoms with Gasteiger partial charge in [0, 0.05) is 30.1 Å². The van der Waals surface area contributed by atoms with E-state index in [1.54, 1.807) is 0 Å². The molecule has 1 N–H and O–H groups in total. The second-order valence-corrected chi connectivity index (χ2v) is 5.18. The molecule has 1 heterocycles. The van der Waals surface area contributed by atoms with Gasteiger partial charge in [0.2, 0.25) is 0 Å². The maximum Gasteiger partial charge on any atom is 0.127 e. The highest BCUT2D eigenvalue weighted by molar-refractivity contribution is 5.32. The van der Waals surface area contributed by atoms with E-state index in [0.717, 1.165) is 37.1 Å². The number of nitrogens with zero attached hydrogens (tertiary/aromatic N) is 1. The first-order valence-corrected chi connectivity index (χ1v) is 7.08. The molecule has 0 spiro atoms. The van der Waals surface area contributed by atoms with Gasteiger partial charge in [-0.05, 0) is 32.2 Å². The lowest BCUT2D eigenvalue weighted by Gasteiger charge is -2.15. The molecule has 1 aliphatic carbocycles. The summed E-state index contributed by atoms with van der Waals surface area (Å²) in [5.74, 6) is 1.76. The highest BCUT2D eigenvalue weighted by Crippen LogP contribution is 2.26. The van der Waals surface area contributed by atoms with E-state index in [2.05, 4.69) is 23.3 Å². The Morgan fingerprint density at radius 3 is 2.89 bits per heavy atom. The van der Waals surface area contributed by atoms with Crippen LogP contribution in [0.4, 0.5) is 0 Å². The summed E-state index contributed by atoms with van der Waals surface area (Å²) in [5.41, 5.74) is 2.19. The van der Waals surface area contributed by atoms with Crippen molar-refractivity contribution < 1.29 is 4.74 Å². The maximum absolute atomic E-state index is 6.02. The minimum Gasteiger partial charge on any atom is -0.493 e. The number of pyridine rings is 1. The van der Waals surface area contributed by atoms with Crippen molar-refractivity contribution in [3.05, 3.63) is 23.5 Å². The third-order valence-electron chi connectivity index (χ3n) is 3.60. The van der Waals surface area contributed by atoms with Crippen molar-refractivity contribution in [2.24, 2.45) is 5.92 Å². The fourth-order valence-corrected chi connectivity index (χ4v) is 2.47. The largest absolute Gasteiger partial charge is 0.493 e. The van der Waals surface area contributed by atoms with Crippen LogP contribution in [-0.2, 0) is 6.54 Å². The van der Waals surface area contributed by atoms with E-state index < -0.39 is 0 Å². The van der Waals surface area contributed by atoms with Crippen LogP contribution < -0.4 is 10.1 Å². The van der Waals surface area contributed by atoms with Gasteiger partial charge in [-0.1, -0.05) is 19.8 Å². The summed E-state index contributed by atoms with van der Waals surface area (Å²) in [7, 11) is 0. The zero-order chi connectivity index (χ0) is 12.8. The van der Waals surface area contributed by atoms with Gasteiger partial charge in [0.1, 0.15) is 5.75 Å². The van der Waals surface area contributed by atoms with Crippen LogP contribution in [-0.4, -0.2) is 18.1 Å². The molecule has 0 bridgehead atoms. The van der Waals surface area contributed by atoms with E-state index >= 15 is 0 Å². The molecule has 0 unspecified atom stereocenters. The van der Waals surface area contributed by atoms with Crippen LogP contribution in [0.25, 0.3) is 0 Å². The molecule has 100 valence electrons. The van der Waals surface area contributed by atoms with Crippen LogP contribution in [0, 0.1) is 12.8 Å².